The Bertz CT molecular complexity index is 1830. The van der Waals surface area contributed by atoms with Gasteiger partial charge in [0.1, 0.15) is 18.1 Å². The van der Waals surface area contributed by atoms with E-state index in [-0.39, 0.29) is 51.0 Å². The number of nitrogens with two attached hydrogens (primary N) is 3. The lowest BCUT2D eigenvalue weighted by Gasteiger charge is -2.25. The third-order valence-electron chi connectivity index (χ3n) is 8.03. The molecule has 260 valence electrons. The van der Waals surface area contributed by atoms with Gasteiger partial charge in [0.15, 0.2) is 5.96 Å². The van der Waals surface area contributed by atoms with E-state index in [1.165, 1.54) is 0 Å². The number of aliphatic carboxylic acids is 2. The van der Waals surface area contributed by atoms with Gasteiger partial charge in [-0.1, -0.05) is 36.4 Å². The minimum absolute atomic E-state index is 0.00606. The number of aromatic amines is 2. The molecule has 16 nitrogen and oxygen atoms in total. The Labute approximate surface area is 280 Å². The van der Waals surface area contributed by atoms with Crippen LogP contribution in [-0.2, 0) is 36.8 Å². The first-order valence-corrected chi connectivity index (χ1v) is 15.7. The summed E-state index contributed by atoms with van der Waals surface area (Å²) in [5.74, 6) is -4.82. The Morgan fingerprint density at radius 2 is 1.22 bits per heavy atom. The van der Waals surface area contributed by atoms with E-state index in [1.54, 1.807) is 12.4 Å². The number of amides is 3. The van der Waals surface area contributed by atoms with Crippen LogP contribution in [0, 0.1) is 0 Å². The summed E-state index contributed by atoms with van der Waals surface area (Å²) in [6.07, 6.45) is 3.10. The number of hydrogen-bond donors (Lipinski definition) is 10. The number of guanidine groups is 1. The summed E-state index contributed by atoms with van der Waals surface area (Å²) in [5.41, 5.74) is 19.8. The topological polar surface area (TPSA) is 284 Å². The fourth-order valence-corrected chi connectivity index (χ4v) is 5.46. The van der Waals surface area contributed by atoms with Gasteiger partial charge in [0, 0.05) is 60.0 Å². The van der Waals surface area contributed by atoms with Gasteiger partial charge < -0.3 is 53.3 Å². The van der Waals surface area contributed by atoms with E-state index in [2.05, 4.69) is 30.9 Å². The lowest BCUT2D eigenvalue weighted by Crippen LogP contribution is -2.57. The predicted octanol–water partition coefficient (Wildman–Crippen LogP) is 0.219. The number of carboxylic acids is 2. The first kappa shape index (κ1) is 35.9. The van der Waals surface area contributed by atoms with Crippen LogP contribution in [0.2, 0.25) is 0 Å². The number of aliphatic imine (C=N–C) groups is 1. The van der Waals surface area contributed by atoms with Crippen molar-refractivity contribution < 1.29 is 34.2 Å². The summed E-state index contributed by atoms with van der Waals surface area (Å²) in [6, 6.07) is 9.66. The third-order valence-corrected chi connectivity index (χ3v) is 8.03. The number of nitrogens with zero attached hydrogens (tertiary/aromatic N) is 1. The minimum Gasteiger partial charge on any atom is -0.481 e. The third kappa shape index (κ3) is 10.0. The number of H-pyrrole nitrogens is 2. The zero-order valence-electron chi connectivity index (χ0n) is 26.6. The van der Waals surface area contributed by atoms with Crippen molar-refractivity contribution in [2.45, 2.75) is 62.7 Å². The second kappa shape index (κ2) is 16.8. The fourth-order valence-electron chi connectivity index (χ4n) is 5.46. The molecular weight excluding hydrogens is 634 g/mol. The molecule has 0 spiro atoms. The van der Waals surface area contributed by atoms with Crippen molar-refractivity contribution in [1.29, 1.82) is 0 Å². The molecule has 4 atom stereocenters. The van der Waals surface area contributed by atoms with Crippen molar-refractivity contribution in [3.8, 4) is 0 Å². The molecule has 2 heterocycles. The molecule has 13 N–H and O–H groups in total. The van der Waals surface area contributed by atoms with E-state index >= 15 is 0 Å². The van der Waals surface area contributed by atoms with Crippen LogP contribution in [0.5, 0.6) is 0 Å². The molecule has 0 aliphatic heterocycles. The van der Waals surface area contributed by atoms with Crippen molar-refractivity contribution in [1.82, 2.24) is 25.9 Å². The Morgan fingerprint density at radius 1 is 0.714 bits per heavy atom. The number of carboxylic acid groups (broad SMARTS) is 2. The first-order chi connectivity index (χ1) is 23.4. The predicted molar refractivity (Wildman–Crippen MR) is 182 cm³/mol. The smallest absolute Gasteiger partial charge is 0.326 e. The van der Waals surface area contributed by atoms with Crippen molar-refractivity contribution in [3.63, 3.8) is 0 Å². The molecule has 4 unspecified atom stereocenters. The van der Waals surface area contributed by atoms with E-state index in [0.717, 1.165) is 21.8 Å². The van der Waals surface area contributed by atoms with Gasteiger partial charge in [-0.05, 0) is 42.5 Å². The van der Waals surface area contributed by atoms with Crippen molar-refractivity contribution in [2.75, 3.05) is 6.54 Å². The minimum atomic E-state index is -1.34. The van der Waals surface area contributed by atoms with E-state index < -0.39 is 53.8 Å². The van der Waals surface area contributed by atoms with Crippen LogP contribution in [0.25, 0.3) is 21.8 Å². The van der Waals surface area contributed by atoms with Gasteiger partial charge in [-0.2, -0.15) is 0 Å². The molecule has 4 rings (SSSR count). The number of carbonyl (C=O) groups is 5. The van der Waals surface area contributed by atoms with Crippen LogP contribution < -0.4 is 33.2 Å². The number of benzene rings is 2. The number of rotatable bonds is 18. The fraction of sp³-hybridized carbons (Fsp3) is 0.333. The van der Waals surface area contributed by atoms with Crippen molar-refractivity contribution in [3.05, 3.63) is 72.1 Å². The highest BCUT2D eigenvalue weighted by Gasteiger charge is 2.31. The Balaban J connectivity index is 1.56. The molecule has 16 heteroatoms. The number of fused-ring (bicyclic) bond motifs is 2. The van der Waals surface area contributed by atoms with E-state index in [0.29, 0.717) is 11.1 Å². The SMILES string of the molecule is NC(N)=NCCCC(NC(=O)C(Cc1c[nH]c2ccccc12)NC(=O)C(N)CCC(=O)O)C(=O)NC(Cc1c[nH]c2ccccc12)C(=O)O. The number of carbonyl (C=O) groups excluding carboxylic acids is 3. The van der Waals surface area contributed by atoms with Crippen LogP contribution in [0.3, 0.4) is 0 Å². The number of hydrogen-bond acceptors (Lipinski definition) is 7. The quantitative estimate of drug-likeness (QED) is 0.0389. The van der Waals surface area contributed by atoms with Gasteiger partial charge in [0.25, 0.3) is 0 Å². The molecule has 0 aliphatic rings. The summed E-state index contributed by atoms with van der Waals surface area (Å²) in [6.45, 7) is 0.133. The molecule has 4 aromatic rings. The molecular formula is C33H41N9O7. The van der Waals surface area contributed by atoms with Crippen LogP contribution in [-0.4, -0.2) is 86.5 Å². The highest BCUT2D eigenvalue weighted by Crippen LogP contribution is 2.21. The van der Waals surface area contributed by atoms with Crippen LogP contribution in [0.15, 0.2) is 65.9 Å². The highest BCUT2D eigenvalue weighted by molar-refractivity contribution is 5.95. The number of para-hydroxylation sites is 2. The first-order valence-electron chi connectivity index (χ1n) is 15.7. The summed E-state index contributed by atoms with van der Waals surface area (Å²) >= 11 is 0. The number of aromatic nitrogens is 2. The second-order valence-corrected chi connectivity index (χ2v) is 11.6. The maximum absolute atomic E-state index is 13.9. The summed E-state index contributed by atoms with van der Waals surface area (Å²) in [4.78, 5) is 74.0. The van der Waals surface area contributed by atoms with Crippen LogP contribution in [0.4, 0.5) is 0 Å². The average Bonchev–Trinajstić information content (AvgIpc) is 3.67. The molecule has 0 aliphatic carbocycles. The standard InChI is InChI=1S/C33H41N9O7/c34-22(11-12-28(43)44)29(45)41-26(14-18-16-38-23-8-3-1-6-20(18)23)31(47)40-25(10-5-13-37-33(35)36)30(46)42-27(32(48)49)15-19-17-39-24-9-4-2-7-21(19)24/h1-4,6-9,16-17,22,25-27,38-39H,5,10-15,34H2,(H,40,47)(H,41,45)(H,42,46)(H,43,44)(H,48,49)(H4,35,36,37). The second-order valence-electron chi connectivity index (χ2n) is 11.6. The van der Waals surface area contributed by atoms with Gasteiger partial charge in [0.2, 0.25) is 17.7 Å². The Hall–Kier alpha value is -5.90. The average molecular weight is 676 g/mol. The Kier molecular flexibility index (Phi) is 12.3. The van der Waals surface area contributed by atoms with Crippen LogP contribution in [0.1, 0.15) is 36.8 Å². The van der Waals surface area contributed by atoms with Crippen LogP contribution >= 0.6 is 0 Å². The van der Waals surface area contributed by atoms with E-state index in [4.69, 9.17) is 22.3 Å². The molecule has 0 fully saturated rings. The molecule has 3 amide bonds. The molecule has 2 aromatic heterocycles. The normalized spacial score (nSPS) is 13.6. The van der Waals surface area contributed by atoms with Gasteiger partial charge in [-0.25, -0.2) is 4.79 Å². The summed E-state index contributed by atoms with van der Waals surface area (Å²) < 4.78 is 0. The molecule has 2 aromatic carbocycles. The maximum atomic E-state index is 13.9. The van der Waals surface area contributed by atoms with Gasteiger partial charge in [-0.15, -0.1) is 0 Å². The largest absolute Gasteiger partial charge is 0.481 e. The monoisotopic (exact) mass is 675 g/mol. The number of nitrogens with one attached hydrogen (secondary N) is 5. The molecule has 0 bridgehead atoms. The lowest BCUT2D eigenvalue weighted by atomic mass is 10.0. The van der Waals surface area contributed by atoms with Gasteiger partial charge in [0.05, 0.1) is 6.04 Å². The summed E-state index contributed by atoms with van der Waals surface area (Å²) in [7, 11) is 0. The molecule has 0 saturated heterocycles. The van der Waals surface area contributed by atoms with Gasteiger partial charge >= 0.3 is 11.9 Å². The zero-order valence-corrected chi connectivity index (χ0v) is 26.6. The highest BCUT2D eigenvalue weighted by atomic mass is 16.4. The summed E-state index contributed by atoms with van der Waals surface area (Å²) in [5, 5.41) is 28.5. The lowest BCUT2D eigenvalue weighted by molar-refractivity contribution is -0.142. The zero-order chi connectivity index (χ0) is 35.5. The molecule has 0 saturated carbocycles. The van der Waals surface area contributed by atoms with Crippen molar-refractivity contribution >= 4 is 57.4 Å². The van der Waals surface area contributed by atoms with Gasteiger partial charge in [-0.3, -0.25) is 24.2 Å². The van der Waals surface area contributed by atoms with E-state index in [1.807, 2.05) is 48.5 Å². The molecule has 49 heavy (non-hydrogen) atoms. The van der Waals surface area contributed by atoms with E-state index in [9.17, 15) is 29.1 Å². The maximum Gasteiger partial charge on any atom is 0.326 e. The van der Waals surface area contributed by atoms with Crippen molar-refractivity contribution in [2.24, 2.45) is 22.2 Å². The molecule has 0 radical (unpaired) electrons. The Morgan fingerprint density at radius 3 is 1.78 bits per heavy atom.